The molecule has 0 unspecified atom stereocenters. The smallest absolute Gasteiger partial charge is 0.317 e. The minimum atomic E-state index is -0.794. The number of anilines is 1. The van der Waals surface area contributed by atoms with Gasteiger partial charge in [-0.2, -0.15) is 0 Å². The number of fused-ring (bicyclic) bond motifs is 1. The molecular formula is C13H18N2O3. The van der Waals surface area contributed by atoms with E-state index in [0.29, 0.717) is 6.61 Å². The third-order valence-corrected chi connectivity index (χ3v) is 2.91. The van der Waals surface area contributed by atoms with E-state index in [4.69, 9.17) is 9.84 Å². The van der Waals surface area contributed by atoms with Crippen molar-refractivity contribution in [3.63, 3.8) is 0 Å². The first-order valence-electron chi connectivity index (χ1n) is 6.05. The molecule has 0 spiro atoms. The lowest BCUT2D eigenvalue weighted by Crippen LogP contribution is -2.27. The van der Waals surface area contributed by atoms with Crippen molar-refractivity contribution in [2.24, 2.45) is 0 Å². The molecule has 0 saturated carbocycles. The molecular weight excluding hydrogens is 232 g/mol. The molecule has 0 amide bonds. The van der Waals surface area contributed by atoms with Gasteiger partial charge in [-0.25, -0.2) is 0 Å². The standard InChI is InChI=1S/C13H18N2O3/c1-15(9-13(16)17)6-4-10-2-3-12-11(8-10)14-5-7-18-12/h2-3,8,14H,4-7,9H2,1H3,(H,16,17). The molecule has 2 N–H and O–H groups in total. The van der Waals surface area contributed by atoms with Crippen LogP contribution in [0.1, 0.15) is 5.56 Å². The van der Waals surface area contributed by atoms with Gasteiger partial charge in [0.2, 0.25) is 0 Å². The van der Waals surface area contributed by atoms with Crippen molar-refractivity contribution in [1.29, 1.82) is 0 Å². The van der Waals surface area contributed by atoms with Gasteiger partial charge in [-0.1, -0.05) is 6.07 Å². The highest BCUT2D eigenvalue weighted by Crippen LogP contribution is 2.28. The van der Waals surface area contributed by atoms with Crippen LogP contribution in [0.3, 0.4) is 0 Å². The molecule has 0 atom stereocenters. The van der Waals surface area contributed by atoms with Crippen LogP contribution in [-0.4, -0.2) is 49.3 Å². The van der Waals surface area contributed by atoms with Gasteiger partial charge in [-0.05, 0) is 31.2 Å². The Kier molecular flexibility index (Phi) is 4.04. The number of likely N-dealkylation sites (N-methyl/N-ethyl adjacent to an activating group) is 1. The molecule has 0 aliphatic carbocycles. The third-order valence-electron chi connectivity index (χ3n) is 2.91. The Morgan fingerprint density at radius 3 is 3.17 bits per heavy atom. The molecule has 1 aliphatic heterocycles. The molecule has 0 radical (unpaired) electrons. The summed E-state index contributed by atoms with van der Waals surface area (Å²) in [4.78, 5) is 12.3. The molecule has 1 aromatic carbocycles. The fourth-order valence-electron chi connectivity index (χ4n) is 1.97. The fraction of sp³-hybridized carbons (Fsp3) is 0.462. The fourth-order valence-corrected chi connectivity index (χ4v) is 1.97. The molecule has 0 fully saturated rings. The summed E-state index contributed by atoms with van der Waals surface area (Å²) >= 11 is 0. The summed E-state index contributed by atoms with van der Waals surface area (Å²) in [5.74, 6) is 0.0990. The van der Waals surface area contributed by atoms with Gasteiger partial charge < -0.3 is 15.2 Å². The van der Waals surface area contributed by atoms with Crippen LogP contribution in [0.5, 0.6) is 5.75 Å². The number of hydrogen-bond donors (Lipinski definition) is 2. The topological polar surface area (TPSA) is 61.8 Å². The van der Waals surface area contributed by atoms with Gasteiger partial charge in [0.25, 0.3) is 0 Å². The monoisotopic (exact) mass is 250 g/mol. The van der Waals surface area contributed by atoms with E-state index in [-0.39, 0.29) is 6.54 Å². The van der Waals surface area contributed by atoms with Gasteiger partial charge in [-0.3, -0.25) is 9.69 Å². The first kappa shape index (κ1) is 12.7. The Morgan fingerprint density at radius 1 is 1.56 bits per heavy atom. The maximum absolute atomic E-state index is 10.5. The lowest BCUT2D eigenvalue weighted by molar-refractivity contribution is -0.137. The van der Waals surface area contributed by atoms with Crippen molar-refractivity contribution in [1.82, 2.24) is 4.90 Å². The number of carbonyl (C=O) groups is 1. The van der Waals surface area contributed by atoms with Crippen LogP contribution in [0.2, 0.25) is 0 Å². The van der Waals surface area contributed by atoms with Crippen LogP contribution in [0.15, 0.2) is 18.2 Å². The molecule has 1 heterocycles. The summed E-state index contributed by atoms with van der Waals surface area (Å²) in [6.45, 7) is 2.33. The van der Waals surface area contributed by atoms with E-state index in [1.54, 1.807) is 4.90 Å². The first-order valence-corrected chi connectivity index (χ1v) is 6.05. The van der Waals surface area contributed by atoms with Gasteiger partial charge in [-0.15, -0.1) is 0 Å². The van der Waals surface area contributed by atoms with Gasteiger partial charge in [0.05, 0.1) is 12.2 Å². The average molecular weight is 250 g/mol. The first-order chi connectivity index (χ1) is 8.65. The molecule has 1 aliphatic rings. The molecule has 1 aromatic rings. The zero-order chi connectivity index (χ0) is 13.0. The Bertz CT molecular complexity index is 434. The van der Waals surface area contributed by atoms with Gasteiger partial charge in [0.15, 0.2) is 0 Å². The quantitative estimate of drug-likeness (QED) is 0.818. The summed E-state index contributed by atoms with van der Waals surface area (Å²) < 4.78 is 5.51. The minimum absolute atomic E-state index is 0.0757. The zero-order valence-electron chi connectivity index (χ0n) is 10.5. The molecule has 0 bridgehead atoms. The van der Waals surface area contributed by atoms with Crippen LogP contribution >= 0.6 is 0 Å². The van der Waals surface area contributed by atoms with Gasteiger partial charge in [0.1, 0.15) is 12.4 Å². The van der Waals surface area contributed by atoms with Crippen LogP contribution < -0.4 is 10.1 Å². The molecule has 0 saturated heterocycles. The van der Waals surface area contributed by atoms with Crippen LogP contribution in [0.25, 0.3) is 0 Å². The van der Waals surface area contributed by atoms with E-state index in [1.165, 1.54) is 5.56 Å². The lowest BCUT2D eigenvalue weighted by Gasteiger charge is -2.20. The van der Waals surface area contributed by atoms with Crippen molar-refractivity contribution >= 4 is 11.7 Å². The number of rotatable bonds is 5. The largest absolute Gasteiger partial charge is 0.490 e. The molecule has 18 heavy (non-hydrogen) atoms. The number of carboxylic acid groups (broad SMARTS) is 1. The predicted molar refractivity (Wildman–Crippen MR) is 69.3 cm³/mol. The highest BCUT2D eigenvalue weighted by molar-refractivity contribution is 5.69. The summed E-state index contributed by atoms with van der Waals surface area (Å²) in [5.41, 5.74) is 2.21. The highest BCUT2D eigenvalue weighted by Gasteiger charge is 2.10. The van der Waals surface area contributed by atoms with E-state index in [1.807, 2.05) is 19.2 Å². The normalized spacial score (nSPS) is 13.7. The number of nitrogens with one attached hydrogen (secondary N) is 1. The molecule has 0 aromatic heterocycles. The third kappa shape index (κ3) is 3.37. The van der Waals surface area contributed by atoms with E-state index >= 15 is 0 Å². The van der Waals surface area contributed by atoms with Gasteiger partial charge in [0, 0.05) is 13.1 Å². The SMILES string of the molecule is CN(CCc1ccc2c(c1)NCCO2)CC(=O)O. The zero-order valence-corrected chi connectivity index (χ0v) is 10.5. The molecule has 5 heteroatoms. The number of nitrogens with zero attached hydrogens (tertiary/aromatic N) is 1. The highest BCUT2D eigenvalue weighted by atomic mass is 16.5. The second kappa shape index (κ2) is 5.73. The maximum atomic E-state index is 10.5. The summed E-state index contributed by atoms with van der Waals surface area (Å²) in [6.07, 6.45) is 0.832. The van der Waals surface area contributed by atoms with Crippen molar-refractivity contribution in [3.05, 3.63) is 23.8 Å². The summed E-state index contributed by atoms with van der Waals surface area (Å²) in [5, 5.41) is 12.0. The number of carboxylic acids is 1. The second-order valence-electron chi connectivity index (χ2n) is 4.49. The van der Waals surface area contributed by atoms with Crippen molar-refractivity contribution in [2.75, 3.05) is 38.6 Å². The average Bonchev–Trinajstić information content (AvgIpc) is 2.35. The van der Waals surface area contributed by atoms with Crippen LogP contribution in [0.4, 0.5) is 5.69 Å². The Balaban J connectivity index is 1.91. The molecule has 98 valence electrons. The van der Waals surface area contributed by atoms with E-state index in [9.17, 15) is 4.79 Å². The van der Waals surface area contributed by atoms with Gasteiger partial charge >= 0.3 is 5.97 Å². The lowest BCUT2D eigenvalue weighted by atomic mass is 10.1. The second-order valence-corrected chi connectivity index (χ2v) is 4.49. The molecule has 5 nitrogen and oxygen atoms in total. The number of ether oxygens (including phenoxy) is 1. The summed E-state index contributed by atoms with van der Waals surface area (Å²) in [6, 6.07) is 6.07. The maximum Gasteiger partial charge on any atom is 0.317 e. The van der Waals surface area contributed by atoms with E-state index in [0.717, 1.165) is 30.9 Å². The van der Waals surface area contributed by atoms with Crippen molar-refractivity contribution in [3.8, 4) is 5.75 Å². The summed E-state index contributed by atoms with van der Waals surface area (Å²) in [7, 11) is 1.81. The Morgan fingerprint density at radius 2 is 2.39 bits per heavy atom. The predicted octanol–water partition coefficient (Wildman–Crippen LogP) is 1.05. The number of benzene rings is 1. The van der Waals surface area contributed by atoms with Crippen LogP contribution in [0, 0.1) is 0 Å². The Hall–Kier alpha value is -1.75. The van der Waals surface area contributed by atoms with Crippen molar-refractivity contribution < 1.29 is 14.6 Å². The van der Waals surface area contributed by atoms with Crippen molar-refractivity contribution in [2.45, 2.75) is 6.42 Å². The molecule has 2 rings (SSSR count). The number of aliphatic carboxylic acids is 1. The van der Waals surface area contributed by atoms with Crippen LogP contribution in [-0.2, 0) is 11.2 Å². The minimum Gasteiger partial charge on any atom is -0.490 e. The van der Waals surface area contributed by atoms with E-state index < -0.39 is 5.97 Å². The number of hydrogen-bond acceptors (Lipinski definition) is 4. The van der Waals surface area contributed by atoms with E-state index in [2.05, 4.69) is 11.4 Å². The Labute approximate surface area is 106 Å².